The number of benzene rings is 2. The Balaban J connectivity index is 0.000000334. The maximum atomic E-state index is 13.2. The summed E-state index contributed by atoms with van der Waals surface area (Å²) < 4.78 is 18.3. The summed E-state index contributed by atoms with van der Waals surface area (Å²) in [6.07, 6.45) is 5.54. The molecule has 6 nitrogen and oxygen atoms in total. The van der Waals surface area contributed by atoms with Crippen molar-refractivity contribution in [1.29, 1.82) is 0 Å². The molecule has 2 aromatic carbocycles. The number of carbonyl (C=O) groups is 2. The lowest BCUT2D eigenvalue weighted by Gasteiger charge is -2.31. The summed E-state index contributed by atoms with van der Waals surface area (Å²) in [5, 5.41) is 13.2. The van der Waals surface area contributed by atoms with E-state index in [1.165, 1.54) is 12.1 Å². The van der Waals surface area contributed by atoms with E-state index in [4.69, 9.17) is 4.74 Å². The Hall–Kier alpha value is -2.93. The van der Waals surface area contributed by atoms with Crippen molar-refractivity contribution in [3.05, 3.63) is 65.5 Å². The van der Waals surface area contributed by atoms with Crippen LogP contribution >= 0.6 is 0 Å². The number of rotatable bonds is 11. The van der Waals surface area contributed by atoms with Crippen LogP contribution in [0.25, 0.3) is 0 Å². The van der Waals surface area contributed by atoms with Crippen molar-refractivity contribution in [3.63, 3.8) is 0 Å². The summed E-state index contributed by atoms with van der Waals surface area (Å²) in [4.78, 5) is 24.3. The van der Waals surface area contributed by atoms with E-state index in [1.807, 2.05) is 36.1 Å². The molecule has 1 aliphatic rings. The molecule has 1 fully saturated rings. The van der Waals surface area contributed by atoms with Gasteiger partial charge in [-0.15, -0.1) is 0 Å². The number of carboxylic acids is 1. The molecule has 0 bridgehead atoms. The van der Waals surface area contributed by atoms with Gasteiger partial charge in [0.05, 0.1) is 18.6 Å². The predicted molar refractivity (Wildman–Crippen MR) is 136 cm³/mol. The van der Waals surface area contributed by atoms with Gasteiger partial charge in [0.1, 0.15) is 11.6 Å². The number of carbonyl (C=O) groups excluding carboxylic acids is 1. The minimum absolute atomic E-state index is 0.227. The zero-order chi connectivity index (χ0) is 25.8. The van der Waals surface area contributed by atoms with Crippen molar-refractivity contribution in [3.8, 4) is 5.75 Å². The Morgan fingerprint density at radius 3 is 2.14 bits per heavy atom. The van der Waals surface area contributed by atoms with Gasteiger partial charge in [-0.2, -0.15) is 0 Å². The Morgan fingerprint density at radius 1 is 1.11 bits per heavy atom. The van der Waals surface area contributed by atoms with Crippen LogP contribution in [0, 0.1) is 11.7 Å². The number of carboxylic acid groups (broad SMARTS) is 1. The molecule has 7 heteroatoms. The zero-order valence-electron chi connectivity index (χ0n) is 21.3. The molecule has 3 unspecified atom stereocenters. The lowest BCUT2D eigenvalue weighted by Crippen LogP contribution is -2.42. The van der Waals surface area contributed by atoms with Gasteiger partial charge < -0.3 is 20.1 Å². The Morgan fingerprint density at radius 2 is 1.69 bits per heavy atom. The molecule has 3 rings (SSSR count). The monoisotopic (exact) mass is 486 g/mol. The molecule has 0 saturated carbocycles. The van der Waals surface area contributed by atoms with Crippen LogP contribution in [0.4, 0.5) is 4.39 Å². The molecule has 0 aliphatic carbocycles. The van der Waals surface area contributed by atoms with E-state index < -0.39 is 17.4 Å². The van der Waals surface area contributed by atoms with E-state index in [0.717, 1.165) is 62.1 Å². The highest BCUT2D eigenvalue weighted by atomic mass is 19.1. The summed E-state index contributed by atoms with van der Waals surface area (Å²) in [5.74, 6) is -1.35. The summed E-state index contributed by atoms with van der Waals surface area (Å²) in [5.41, 5.74) is 1.01. The second-order valence-corrected chi connectivity index (χ2v) is 9.13. The second-order valence-electron chi connectivity index (χ2n) is 9.13. The van der Waals surface area contributed by atoms with Crippen molar-refractivity contribution in [1.82, 2.24) is 10.2 Å². The van der Waals surface area contributed by atoms with Gasteiger partial charge in [0.2, 0.25) is 6.41 Å². The lowest BCUT2D eigenvalue weighted by atomic mass is 9.75. The molecule has 1 amide bonds. The van der Waals surface area contributed by atoms with Crippen LogP contribution in [0.1, 0.15) is 63.5 Å². The number of ether oxygens (including phenoxy) is 1. The number of methoxy groups -OCH3 is 1. The topological polar surface area (TPSA) is 78.9 Å². The molecular weight excluding hydrogens is 447 g/mol. The van der Waals surface area contributed by atoms with Crippen molar-refractivity contribution in [2.24, 2.45) is 5.92 Å². The van der Waals surface area contributed by atoms with Gasteiger partial charge in [0.25, 0.3) is 0 Å². The molecular formula is C28H39FN2O4. The average Bonchev–Trinajstić information content (AvgIpc) is 3.23. The molecule has 3 atom stereocenters. The number of aliphatic carboxylic acids is 1. The van der Waals surface area contributed by atoms with Gasteiger partial charge in [-0.25, -0.2) is 4.39 Å². The number of halogens is 1. The highest BCUT2D eigenvalue weighted by Gasteiger charge is 2.50. The van der Waals surface area contributed by atoms with Crippen molar-refractivity contribution in [2.75, 3.05) is 26.7 Å². The summed E-state index contributed by atoms with van der Waals surface area (Å²) >= 11 is 0. The van der Waals surface area contributed by atoms with E-state index in [0.29, 0.717) is 6.54 Å². The number of nitrogens with zero attached hydrogens (tertiary/aromatic N) is 1. The van der Waals surface area contributed by atoms with E-state index in [-0.39, 0.29) is 11.7 Å². The molecule has 1 heterocycles. The maximum Gasteiger partial charge on any atom is 0.309 e. The van der Waals surface area contributed by atoms with E-state index >= 15 is 0 Å². The molecule has 35 heavy (non-hydrogen) atoms. The van der Waals surface area contributed by atoms with Crippen LogP contribution in [0.2, 0.25) is 0 Å². The molecule has 1 aliphatic heterocycles. The van der Waals surface area contributed by atoms with Gasteiger partial charge in [0.15, 0.2) is 0 Å². The minimum Gasteiger partial charge on any atom is -0.497 e. The number of hydrogen-bond donors (Lipinski definition) is 2. The largest absolute Gasteiger partial charge is 0.497 e. The van der Waals surface area contributed by atoms with Crippen molar-refractivity contribution < 1.29 is 23.8 Å². The van der Waals surface area contributed by atoms with Gasteiger partial charge in [-0.1, -0.05) is 51.0 Å². The summed E-state index contributed by atoms with van der Waals surface area (Å²) in [6.45, 7) is 8.56. The van der Waals surface area contributed by atoms with Crippen molar-refractivity contribution >= 4 is 12.4 Å². The minimum atomic E-state index is -0.868. The lowest BCUT2D eigenvalue weighted by molar-refractivity contribution is -0.144. The van der Waals surface area contributed by atoms with Crippen LogP contribution in [0.5, 0.6) is 5.75 Å². The van der Waals surface area contributed by atoms with Gasteiger partial charge in [-0.3, -0.25) is 9.59 Å². The molecule has 0 radical (unpaired) electrons. The van der Waals surface area contributed by atoms with E-state index in [2.05, 4.69) is 19.2 Å². The number of amides is 1. The smallest absolute Gasteiger partial charge is 0.309 e. The summed E-state index contributed by atoms with van der Waals surface area (Å²) in [6, 6.07) is 13.5. The van der Waals surface area contributed by atoms with Gasteiger partial charge in [0, 0.05) is 25.6 Å². The number of hydrogen-bond acceptors (Lipinski definition) is 4. The predicted octanol–water partition coefficient (Wildman–Crippen LogP) is 5.18. The fourth-order valence-electron chi connectivity index (χ4n) is 4.55. The van der Waals surface area contributed by atoms with E-state index in [1.54, 1.807) is 19.2 Å². The Kier molecular flexibility index (Phi) is 11.2. The molecule has 2 N–H and O–H groups in total. The highest BCUT2D eigenvalue weighted by molar-refractivity contribution is 5.74. The third-order valence-electron chi connectivity index (χ3n) is 6.71. The van der Waals surface area contributed by atoms with Gasteiger partial charge >= 0.3 is 5.97 Å². The molecule has 0 aromatic heterocycles. The van der Waals surface area contributed by atoms with Crippen LogP contribution in [0.3, 0.4) is 0 Å². The molecule has 1 saturated heterocycles. The third kappa shape index (κ3) is 7.52. The standard InChI is InChI=1S/C19H20FNO3.C9H19NO/c1-19(13-5-9-15(24-2)10-6-13)17(18(22)23)16(11-21-19)12-3-7-14(20)8-4-12;1-3-5-7-10(9-11)8-6-4-2/h3-10,16-17,21H,11H2,1-2H3,(H,22,23);9H,3-8H2,1-2H3. The number of nitrogens with one attached hydrogen (secondary N) is 1. The summed E-state index contributed by atoms with van der Waals surface area (Å²) in [7, 11) is 1.59. The first kappa shape index (κ1) is 28.3. The highest BCUT2D eigenvalue weighted by Crippen LogP contribution is 2.44. The normalized spacial score (nSPS) is 21.1. The Bertz CT molecular complexity index is 912. The maximum absolute atomic E-state index is 13.2. The SMILES string of the molecule is CCCCN(C=O)CCCC.COc1ccc(C2(C)NCC(c3ccc(F)cc3)C2C(=O)O)cc1. The van der Waals surface area contributed by atoms with Crippen LogP contribution in [-0.2, 0) is 15.1 Å². The zero-order valence-corrected chi connectivity index (χ0v) is 21.3. The van der Waals surface area contributed by atoms with Gasteiger partial charge in [-0.05, 0) is 55.2 Å². The molecule has 192 valence electrons. The van der Waals surface area contributed by atoms with Crippen LogP contribution < -0.4 is 10.1 Å². The first-order valence-corrected chi connectivity index (χ1v) is 12.4. The first-order valence-electron chi connectivity index (χ1n) is 12.4. The average molecular weight is 487 g/mol. The van der Waals surface area contributed by atoms with Crippen LogP contribution in [-0.4, -0.2) is 49.1 Å². The third-order valence-corrected chi connectivity index (χ3v) is 6.71. The fraction of sp³-hybridized carbons (Fsp3) is 0.500. The van der Waals surface area contributed by atoms with E-state index in [9.17, 15) is 19.1 Å². The fourth-order valence-corrected chi connectivity index (χ4v) is 4.55. The quantitative estimate of drug-likeness (QED) is 0.428. The second kappa shape index (κ2) is 13.8. The van der Waals surface area contributed by atoms with Crippen LogP contribution in [0.15, 0.2) is 48.5 Å². The molecule has 0 spiro atoms. The molecule has 2 aromatic rings. The first-order chi connectivity index (χ1) is 16.8. The van der Waals surface area contributed by atoms with Crippen molar-refractivity contribution in [2.45, 2.75) is 57.9 Å². The Labute approximate surface area is 208 Å². The number of unbranched alkanes of at least 4 members (excludes halogenated alkanes) is 2.